The molecule has 0 radical (unpaired) electrons. The summed E-state index contributed by atoms with van der Waals surface area (Å²) in [6.07, 6.45) is 2.15. The molecule has 0 aliphatic carbocycles. The van der Waals surface area contributed by atoms with E-state index in [9.17, 15) is 0 Å². The first kappa shape index (κ1) is 21.0. The van der Waals surface area contributed by atoms with E-state index in [0.717, 1.165) is 0 Å². The number of hydrogen-bond donors (Lipinski definition) is 0. The molecule has 1 aliphatic rings. The Balaban J connectivity index is 2.54. The van der Waals surface area contributed by atoms with E-state index in [1.54, 1.807) is 0 Å². The normalized spacial score (nSPS) is 26.4. The molecule has 0 spiro atoms. The van der Waals surface area contributed by atoms with Crippen LogP contribution in [0.4, 0.5) is 0 Å². The predicted molar refractivity (Wildman–Crippen MR) is 113 cm³/mol. The Hall–Kier alpha value is -0.293. The molecule has 2 rings (SSSR count). The number of aryl methyl sites for hydroxylation is 3. The number of ether oxygens (including phenoxy) is 1. The molecule has 0 N–H and O–H groups in total. The average molecular weight is 381 g/mol. The summed E-state index contributed by atoms with van der Waals surface area (Å²) in [7, 11) is -1.94. The summed E-state index contributed by atoms with van der Waals surface area (Å²) in [5.74, 6) is 0. The van der Waals surface area contributed by atoms with Gasteiger partial charge in [0, 0.05) is 0 Å². The maximum Gasteiger partial charge on any atom is 0.194 e. The molecule has 142 valence electrons. The molecule has 0 amide bonds. The Morgan fingerprint density at radius 2 is 1.56 bits per heavy atom. The molecule has 0 unspecified atom stereocenters. The van der Waals surface area contributed by atoms with Crippen molar-refractivity contribution in [1.82, 2.24) is 0 Å². The number of thioether (sulfide) groups is 1. The number of rotatable bonds is 4. The lowest BCUT2D eigenvalue weighted by Crippen LogP contribution is -2.70. The van der Waals surface area contributed by atoms with Gasteiger partial charge in [-0.3, -0.25) is 0 Å². The Bertz CT molecular complexity index is 637. The van der Waals surface area contributed by atoms with E-state index >= 15 is 0 Å². The van der Waals surface area contributed by atoms with E-state index in [2.05, 4.69) is 86.9 Å². The van der Waals surface area contributed by atoms with Crippen LogP contribution in [-0.4, -0.2) is 25.1 Å². The van der Waals surface area contributed by atoms with E-state index < -0.39 is 8.32 Å². The minimum atomic E-state index is -1.94. The van der Waals surface area contributed by atoms with Crippen molar-refractivity contribution in [2.45, 2.75) is 90.2 Å². The van der Waals surface area contributed by atoms with Crippen LogP contribution in [0.15, 0.2) is 12.1 Å². The standard InChI is InChI=1S/C21H36O2SSi/c1-14-12-15(2)17(16(3)13-14)18-21(24-9,20(7,8)22-18)23-25(10,11)19(4,5)6/h12-13,18H,1-11H3/t18-,21-/m1/s1. The van der Waals surface area contributed by atoms with Gasteiger partial charge in [-0.1, -0.05) is 38.5 Å². The highest BCUT2D eigenvalue weighted by atomic mass is 32.2. The third-order valence-corrected chi connectivity index (χ3v) is 12.1. The molecule has 0 saturated carbocycles. The van der Waals surface area contributed by atoms with E-state index in [1.807, 2.05) is 11.8 Å². The summed E-state index contributed by atoms with van der Waals surface area (Å²) < 4.78 is 13.5. The fourth-order valence-electron chi connectivity index (χ4n) is 3.67. The van der Waals surface area contributed by atoms with E-state index in [-0.39, 0.29) is 21.7 Å². The Labute approximate surface area is 160 Å². The zero-order chi connectivity index (χ0) is 19.4. The summed E-state index contributed by atoms with van der Waals surface area (Å²) in [5.41, 5.74) is 4.90. The Morgan fingerprint density at radius 3 is 1.92 bits per heavy atom. The summed E-state index contributed by atoms with van der Waals surface area (Å²) in [6.45, 7) is 22.5. The lowest BCUT2D eigenvalue weighted by atomic mass is 9.81. The first-order chi connectivity index (χ1) is 11.2. The average Bonchev–Trinajstić information content (AvgIpc) is 2.41. The molecule has 1 aliphatic heterocycles. The number of benzene rings is 1. The van der Waals surface area contributed by atoms with Crippen molar-refractivity contribution in [2.24, 2.45) is 0 Å². The van der Waals surface area contributed by atoms with E-state index in [1.165, 1.54) is 22.3 Å². The van der Waals surface area contributed by atoms with Crippen LogP contribution in [-0.2, 0) is 9.16 Å². The highest BCUT2D eigenvalue weighted by Crippen LogP contribution is 2.62. The SMILES string of the molecule is CS[C@]1(O[Si](C)(C)C(C)(C)C)[C@@H](c2c(C)cc(C)cc2C)OC1(C)C. The monoisotopic (exact) mass is 380 g/mol. The van der Waals surface area contributed by atoms with Crippen molar-refractivity contribution in [3.8, 4) is 0 Å². The smallest absolute Gasteiger partial charge is 0.194 e. The molecule has 2 atom stereocenters. The summed E-state index contributed by atoms with van der Waals surface area (Å²) in [4.78, 5) is -0.346. The van der Waals surface area contributed by atoms with Crippen LogP contribution in [0.3, 0.4) is 0 Å². The largest absolute Gasteiger partial charge is 0.398 e. The second-order valence-corrected chi connectivity index (χ2v) is 15.3. The van der Waals surface area contributed by atoms with Crippen LogP contribution < -0.4 is 0 Å². The van der Waals surface area contributed by atoms with Gasteiger partial charge in [0.05, 0.1) is 0 Å². The maximum absolute atomic E-state index is 7.07. The second kappa shape index (κ2) is 6.40. The first-order valence-corrected chi connectivity index (χ1v) is 13.3. The Morgan fingerprint density at radius 1 is 1.08 bits per heavy atom. The van der Waals surface area contributed by atoms with Crippen molar-refractivity contribution in [3.05, 3.63) is 34.4 Å². The molecule has 0 aromatic heterocycles. The van der Waals surface area contributed by atoms with Crippen molar-refractivity contribution in [2.75, 3.05) is 6.26 Å². The Kier molecular flexibility index (Phi) is 5.38. The maximum atomic E-state index is 7.07. The molecular weight excluding hydrogens is 344 g/mol. The highest BCUT2D eigenvalue weighted by Gasteiger charge is 2.66. The van der Waals surface area contributed by atoms with Crippen molar-refractivity contribution < 1.29 is 9.16 Å². The van der Waals surface area contributed by atoms with E-state index in [0.29, 0.717) is 0 Å². The van der Waals surface area contributed by atoms with Gasteiger partial charge >= 0.3 is 0 Å². The van der Waals surface area contributed by atoms with Crippen LogP contribution in [0.25, 0.3) is 0 Å². The van der Waals surface area contributed by atoms with Gasteiger partial charge in [0.1, 0.15) is 11.7 Å². The van der Waals surface area contributed by atoms with Crippen molar-refractivity contribution >= 4 is 20.1 Å². The van der Waals surface area contributed by atoms with Crippen LogP contribution in [0.2, 0.25) is 18.1 Å². The molecular formula is C21H36O2SSi. The van der Waals surface area contributed by atoms with Crippen molar-refractivity contribution in [1.29, 1.82) is 0 Å². The van der Waals surface area contributed by atoms with Gasteiger partial charge in [-0.15, -0.1) is 11.8 Å². The van der Waals surface area contributed by atoms with Crippen molar-refractivity contribution in [3.63, 3.8) is 0 Å². The minimum Gasteiger partial charge on any atom is -0.398 e. The molecule has 1 saturated heterocycles. The van der Waals surface area contributed by atoms with Gasteiger partial charge in [-0.05, 0) is 75.7 Å². The molecule has 25 heavy (non-hydrogen) atoms. The van der Waals surface area contributed by atoms with Gasteiger partial charge in [-0.25, -0.2) is 0 Å². The van der Waals surface area contributed by atoms with Gasteiger partial charge in [0.25, 0.3) is 0 Å². The van der Waals surface area contributed by atoms with E-state index in [4.69, 9.17) is 9.16 Å². The van der Waals surface area contributed by atoms with Gasteiger partial charge in [-0.2, -0.15) is 0 Å². The predicted octanol–water partition coefficient (Wildman–Crippen LogP) is 6.54. The second-order valence-electron chi connectivity index (χ2n) is 9.55. The van der Waals surface area contributed by atoms with Crippen LogP contribution in [0, 0.1) is 20.8 Å². The van der Waals surface area contributed by atoms with Gasteiger partial charge < -0.3 is 9.16 Å². The third kappa shape index (κ3) is 3.35. The third-order valence-electron chi connectivity index (χ3n) is 6.11. The highest BCUT2D eigenvalue weighted by molar-refractivity contribution is 8.00. The first-order valence-electron chi connectivity index (χ1n) is 9.19. The fourth-order valence-corrected chi connectivity index (χ4v) is 6.96. The van der Waals surface area contributed by atoms with Crippen LogP contribution in [0.1, 0.15) is 63.0 Å². The lowest BCUT2D eigenvalue weighted by Gasteiger charge is -2.63. The molecule has 1 aromatic carbocycles. The molecule has 2 nitrogen and oxygen atoms in total. The molecule has 1 fully saturated rings. The summed E-state index contributed by atoms with van der Waals surface area (Å²) >= 11 is 1.82. The molecule has 1 heterocycles. The quantitative estimate of drug-likeness (QED) is 0.436. The van der Waals surface area contributed by atoms with Crippen LogP contribution in [0.5, 0.6) is 0 Å². The topological polar surface area (TPSA) is 18.5 Å². The fraction of sp³-hybridized carbons (Fsp3) is 0.714. The lowest BCUT2D eigenvalue weighted by molar-refractivity contribution is -0.290. The molecule has 0 bridgehead atoms. The zero-order valence-corrected chi connectivity index (χ0v) is 19.8. The zero-order valence-electron chi connectivity index (χ0n) is 18.0. The minimum absolute atomic E-state index is 0.0211. The summed E-state index contributed by atoms with van der Waals surface area (Å²) in [6, 6.07) is 4.52. The van der Waals surface area contributed by atoms with Gasteiger partial charge in [0.2, 0.25) is 0 Å². The molecule has 1 aromatic rings. The number of hydrogen-bond acceptors (Lipinski definition) is 3. The van der Waals surface area contributed by atoms with Crippen LogP contribution >= 0.6 is 11.8 Å². The molecule has 4 heteroatoms. The van der Waals surface area contributed by atoms with Gasteiger partial charge in [0.15, 0.2) is 13.3 Å². The summed E-state index contributed by atoms with van der Waals surface area (Å²) in [5, 5.41) is 0.170.